The van der Waals surface area contributed by atoms with Crippen LogP contribution in [0.1, 0.15) is 16.7 Å². The fourth-order valence-corrected chi connectivity index (χ4v) is 4.60. The van der Waals surface area contributed by atoms with Gasteiger partial charge in [-0.15, -0.1) is 0 Å². The van der Waals surface area contributed by atoms with Gasteiger partial charge in [-0.05, 0) is 52.4 Å². The van der Waals surface area contributed by atoms with Crippen LogP contribution in [0.25, 0.3) is 22.0 Å². The van der Waals surface area contributed by atoms with E-state index in [-0.39, 0.29) is 6.54 Å². The highest BCUT2D eigenvalue weighted by molar-refractivity contribution is 5.96. The molecule has 1 aromatic heterocycles. The molecule has 5 heteroatoms. The predicted molar refractivity (Wildman–Crippen MR) is 132 cm³/mol. The Balaban J connectivity index is 1.44. The van der Waals surface area contributed by atoms with Crippen molar-refractivity contribution in [3.8, 4) is 11.1 Å². The second-order valence-corrected chi connectivity index (χ2v) is 8.72. The van der Waals surface area contributed by atoms with Gasteiger partial charge < -0.3 is 10.0 Å². The number of aliphatic carboxylic acids is 1. The van der Waals surface area contributed by atoms with Crippen LogP contribution in [-0.2, 0) is 24.3 Å². The molecule has 0 spiro atoms. The molecule has 0 saturated carbocycles. The summed E-state index contributed by atoms with van der Waals surface area (Å²) >= 11 is 0. The molecule has 0 unspecified atom stereocenters. The van der Waals surface area contributed by atoms with Crippen LogP contribution < -0.4 is 4.90 Å². The summed E-state index contributed by atoms with van der Waals surface area (Å²) in [6.07, 6.45) is 0.971. The number of hydrogen-bond donors (Lipinski definition) is 1. The van der Waals surface area contributed by atoms with E-state index in [0.29, 0.717) is 5.82 Å². The maximum atomic E-state index is 11.2. The Bertz CT molecular complexity index is 1280. The highest BCUT2D eigenvalue weighted by Crippen LogP contribution is 2.32. The third kappa shape index (κ3) is 4.59. The van der Waals surface area contributed by atoms with E-state index in [2.05, 4.69) is 59.5 Å². The number of anilines is 1. The Morgan fingerprint density at radius 1 is 0.970 bits per heavy atom. The van der Waals surface area contributed by atoms with Gasteiger partial charge in [-0.3, -0.25) is 9.69 Å². The zero-order chi connectivity index (χ0) is 22.8. The van der Waals surface area contributed by atoms with E-state index in [1.54, 1.807) is 11.9 Å². The van der Waals surface area contributed by atoms with Gasteiger partial charge in [0.2, 0.25) is 0 Å². The summed E-state index contributed by atoms with van der Waals surface area (Å²) in [7, 11) is 1.76. The number of carbonyl (C=O) groups is 1. The molecule has 3 aromatic carbocycles. The van der Waals surface area contributed by atoms with Crippen molar-refractivity contribution in [2.75, 3.05) is 25.0 Å². The summed E-state index contributed by atoms with van der Waals surface area (Å²) in [5, 5.41) is 10.3. The highest BCUT2D eigenvalue weighted by atomic mass is 16.4. The Hall–Kier alpha value is -3.70. The molecule has 0 amide bonds. The molecule has 5 nitrogen and oxygen atoms in total. The fraction of sp³-hybridized carbons (Fsp3) is 0.214. The van der Waals surface area contributed by atoms with Crippen LogP contribution in [0.2, 0.25) is 0 Å². The maximum Gasteiger partial charge on any atom is 0.323 e. The molecule has 1 aliphatic heterocycles. The van der Waals surface area contributed by atoms with Gasteiger partial charge in [0.1, 0.15) is 12.4 Å². The van der Waals surface area contributed by atoms with E-state index in [1.165, 1.54) is 16.7 Å². The van der Waals surface area contributed by atoms with Crippen LogP contribution >= 0.6 is 0 Å². The van der Waals surface area contributed by atoms with Gasteiger partial charge in [0, 0.05) is 32.1 Å². The van der Waals surface area contributed by atoms with Gasteiger partial charge in [-0.2, -0.15) is 0 Å². The number of rotatable bonds is 7. The van der Waals surface area contributed by atoms with Crippen LogP contribution in [-0.4, -0.2) is 41.1 Å². The van der Waals surface area contributed by atoms with Crippen LogP contribution in [0.3, 0.4) is 0 Å². The molecule has 0 radical (unpaired) electrons. The smallest absolute Gasteiger partial charge is 0.323 e. The quantitative estimate of drug-likeness (QED) is 0.442. The lowest BCUT2D eigenvalue weighted by molar-refractivity contribution is -0.135. The van der Waals surface area contributed by atoms with Crippen molar-refractivity contribution >= 4 is 22.7 Å². The molecule has 0 saturated heterocycles. The molecule has 1 aliphatic rings. The van der Waals surface area contributed by atoms with E-state index in [9.17, 15) is 9.90 Å². The summed E-state index contributed by atoms with van der Waals surface area (Å²) in [6.45, 7) is 2.94. The number of nitrogens with zero attached hydrogens (tertiary/aromatic N) is 3. The van der Waals surface area contributed by atoms with Crippen molar-refractivity contribution in [2.24, 2.45) is 0 Å². The number of benzene rings is 3. The highest BCUT2D eigenvalue weighted by Gasteiger charge is 2.18. The number of fused-ring (bicyclic) bond motifs is 2. The van der Waals surface area contributed by atoms with Crippen molar-refractivity contribution in [3.63, 3.8) is 0 Å². The summed E-state index contributed by atoms with van der Waals surface area (Å²) in [4.78, 5) is 20.2. The number of carboxylic acid groups (broad SMARTS) is 1. The Morgan fingerprint density at radius 2 is 1.67 bits per heavy atom. The first-order valence-electron chi connectivity index (χ1n) is 11.3. The third-order valence-corrected chi connectivity index (χ3v) is 6.33. The van der Waals surface area contributed by atoms with E-state index in [1.807, 2.05) is 24.3 Å². The molecule has 2 heterocycles. The summed E-state index contributed by atoms with van der Waals surface area (Å²) in [5.74, 6) is -0.216. The monoisotopic (exact) mass is 437 g/mol. The van der Waals surface area contributed by atoms with Gasteiger partial charge in [-0.1, -0.05) is 60.7 Å². The SMILES string of the molecule is CN(CC(=O)O)c1cc(-c2ccccc2)c2cc(CCN3Cc4ccccc4C3)ccc2n1. The number of carboxylic acids is 1. The van der Waals surface area contributed by atoms with E-state index >= 15 is 0 Å². The lowest BCUT2D eigenvalue weighted by Gasteiger charge is -2.19. The van der Waals surface area contributed by atoms with Gasteiger partial charge >= 0.3 is 5.97 Å². The molecular weight excluding hydrogens is 410 g/mol. The summed E-state index contributed by atoms with van der Waals surface area (Å²) in [5.41, 5.74) is 7.20. The maximum absolute atomic E-state index is 11.2. The first-order valence-corrected chi connectivity index (χ1v) is 11.3. The number of aromatic nitrogens is 1. The Morgan fingerprint density at radius 3 is 2.36 bits per heavy atom. The summed E-state index contributed by atoms with van der Waals surface area (Å²) < 4.78 is 0. The molecule has 0 aliphatic carbocycles. The first kappa shape index (κ1) is 21.2. The number of likely N-dealkylation sites (N-methyl/N-ethyl adjacent to an activating group) is 1. The molecule has 0 bridgehead atoms. The van der Waals surface area contributed by atoms with Gasteiger partial charge in [-0.25, -0.2) is 4.98 Å². The number of pyridine rings is 1. The normalized spacial score (nSPS) is 13.2. The Labute approximate surface area is 193 Å². The topological polar surface area (TPSA) is 56.7 Å². The lowest BCUT2D eigenvalue weighted by Crippen LogP contribution is -2.26. The minimum absolute atomic E-state index is 0.0942. The largest absolute Gasteiger partial charge is 0.480 e. The van der Waals surface area contributed by atoms with Crippen LogP contribution in [0.5, 0.6) is 0 Å². The fourth-order valence-electron chi connectivity index (χ4n) is 4.60. The van der Waals surface area contributed by atoms with Crippen molar-refractivity contribution in [2.45, 2.75) is 19.5 Å². The molecule has 33 heavy (non-hydrogen) atoms. The average molecular weight is 438 g/mol. The van der Waals surface area contributed by atoms with Gasteiger partial charge in [0.25, 0.3) is 0 Å². The molecule has 4 aromatic rings. The van der Waals surface area contributed by atoms with Crippen LogP contribution in [0, 0.1) is 0 Å². The number of hydrogen-bond acceptors (Lipinski definition) is 4. The molecule has 0 fully saturated rings. The molecule has 1 N–H and O–H groups in total. The summed E-state index contributed by atoms with van der Waals surface area (Å²) in [6, 6.07) is 27.4. The molecular formula is C28H27N3O2. The predicted octanol–water partition coefficient (Wildman–Crippen LogP) is 4.98. The van der Waals surface area contributed by atoms with Crippen molar-refractivity contribution in [1.29, 1.82) is 0 Å². The third-order valence-electron chi connectivity index (χ3n) is 6.33. The van der Waals surface area contributed by atoms with Crippen molar-refractivity contribution in [1.82, 2.24) is 9.88 Å². The van der Waals surface area contributed by atoms with Crippen molar-refractivity contribution < 1.29 is 9.90 Å². The minimum atomic E-state index is -0.875. The van der Waals surface area contributed by atoms with Crippen LogP contribution in [0.4, 0.5) is 5.82 Å². The van der Waals surface area contributed by atoms with Gasteiger partial charge in [0.15, 0.2) is 0 Å². The second-order valence-electron chi connectivity index (χ2n) is 8.72. The Kier molecular flexibility index (Phi) is 5.80. The van der Waals surface area contributed by atoms with E-state index in [0.717, 1.165) is 48.1 Å². The zero-order valence-electron chi connectivity index (χ0n) is 18.7. The van der Waals surface area contributed by atoms with Gasteiger partial charge in [0.05, 0.1) is 5.52 Å². The second kappa shape index (κ2) is 9.04. The lowest BCUT2D eigenvalue weighted by atomic mass is 9.98. The molecule has 166 valence electrons. The average Bonchev–Trinajstić information content (AvgIpc) is 3.25. The standard InChI is InChI=1S/C28H27N3O2/c1-30(19-28(32)33)27-16-24(21-7-3-2-4-8-21)25-15-20(11-12-26(25)29-27)13-14-31-17-22-9-5-6-10-23(22)18-31/h2-12,15-16H,13-14,17-19H2,1H3,(H,32,33). The zero-order valence-corrected chi connectivity index (χ0v) is 18.7. The van der Waals surface area contributed by atoms with E-state index < -0.39 is 5.97 Å². The minimum Gasteiger partial charge on any atom is -0.480 e. The molecule has 0 atom stereocenters. The van der Waals surface area contributed by atoms with Crippen LogP contribution in [0.15, 0.2) is 78.9 Å². The molecule has 5 rings (SSSR count). The first-order chi connectivity index (χ1) is 16.1. The van der Waals surface area contributed by atoms with Crippen molar-refractivity contribution in [3.05, 3.63) is 95.6 Å². The van der Waals surface area contributed by atoms with E-state index in [4.69, 9.17) is 4.98 Å².